The molecule has 2 aliphatic rings. The third-order valence-electron chi connectivity index (χ3n) is 4.66. The van der Waals surface area contributed by atoms with Crippen LogP contribution in [0.15, 0.2) is 10.8 Å². The number of hydrogen-bond acceptors (Lipinski definition) is 4. The third-order valence-corrected chi connectivity index (χ3v) is 4.66. The molecule has 3 rings (SSSR count). The molecule has 0 spiro atoms. The van der Waals surface area contributed by atoms with E-state index in [2.05, 4.69) is 5.16 Å². The Kier molecular flexibility index (Phi) is 4.05. The first kappa shape index (κ1) is 13.6. The Hall–Kier alpha value is -1.36. The van der Waals surface area contributed by atoms with Crippen molar-refractivity contribution < 1.29 is 14.1 Å². The molecule has 5 heteroatoms. The molecule has 110 valence electrons. The Bertz CT molecular complexity index is 465. The van der Waals surface area contributed by atoms with Crippen molar-refractivity contribution in [1.29, 1.82) is 0 Å². The summed E-state index contributed by atoms with van der Waals surface area (Å²) in [5.41, 5.74) is 1.17. The highest BCUT2D eigenvalue weighted by atomic mass is 16.5. The number of amides is 1. The van der Waals surface area contributed by atoms with Crippen LogP contribution in [0, 0.1) is 5.92 Å². The molecule has 1 atom stereocenters. The molecule has 0 bridgehead atoms. The van der Waals surface area contributed by atoms with Crippen LogP contribution >= 0.6 is 0 Å². The fraction of sp³-hybridized carbons (Fsp3) is 0.733. The van der Waals surface area contributed by atoms with Gasteiger partial charge in [0.05, 0.1) is 6.61 Å². The predicted molar refractivity (Wildman–Crippen MR) is 73.2 cm³/mol. The van der Waals surface area contributed by atoms with Crippen LogP contribution in [-0.2, 0) is 11.3 Å². The Balaban J connectivity index is 1.76. The van der Waals surface area contributed by atoms with E-state index in [0.717, 1.165) is 19.4 Å². The standard InChI is InChI=1S/C15H22N2O3/c1-19-10-13-12(9-20-16-13)15(18)17-8-4-7-14(17)11-5-2-3-6-11/h9,11,14H,2-8,10H2,1H3. The van der Waals surface area contributed by atoms with E-state index in [1.165, 1.54) is 31.9 Å². The van der Waals surface area contributed by atoms with Crippen LogP contribution < -0.4 is 0 Å². The van der Waals surface area contributed by atoms with Crippen molar-refractivity contribution in [1.82, 2.24) is 10.1 Å². The second kappa shape index (κ2) is 5.95. The topological polar surface area (TPSA) is 55.6 Å². The second-order valence-corrected chi connectivity index (χ2v) is 5.86. The Morgan fingerprint density at radius 2 is 2.20 bits per heavy atom. The number of rotatable bonds is 4. The Morgan fingerprint density at radius 1 is 1.40 bits per heavy atom. The first-order valence-corrected chi connectivity index (χ1v) is 7.54. The predicted octanol–water partition coefficient (Wildman–Crippen LogP) is 2.62. The van der Waals surface area contributed by atoms with E-state index < -0.39 is 0 Å². The Labute approximate surface area is 119 Å². The van der Waals surface area contributed by atoms with Gasteiger partial charge in [0.2, 0.25) is 0 Å². The molecule has 2 heterocycles. The van der Waals surface area contributed by atoms with E-state index in [9.17, 15) is 4.79 Å². The maximum atomic E-state index is 12.7. The summed E-state index contributed by atoms with van der Waals surface area (Å²) >= 11 is 0. The van der Waals surface area contributed by atoms with Gasteiger partial charge in [-0.3, -0.25) is 4.79 Å². The lowest BCUT2D eigenvalue weighted by molar-refractivity contribution is 0.0684. The number of methoxy groups -OCH3 is 1. The number of carbonyl (C=O) groups is 1. The molecule has 20 heavy (non-hydrogen) atoms. The van der Waals surface area contributed by atoms with Gasteiger partial charge >= 0.3 is 0 Å². The van der Waals surface area contributed by atoms with Gasteiger partial charge in [0, 0.05) is 19.7 Å². The minimum absolute atomic E-state index is 0.0627. The third kappa shape index (κ3) is 2.46. The fourth-order valence-corrected chi connectivity index (χ4v) is 3.71. The lowest BCUT2D eigenvalue weighted by Crippen LogP contribution is -2.39. The van der Waals surface area contributed by atoms with Crippen molar-refractivity contribution in [2.75, 3.05) is 13.7 Å². The average molecular weight is 278 g/mol. The van der Waals surface area contributed by atoms with Gasteiger partial charge in [-0.15, -0.1) is 0 Å². The molecule has 1 aliphatic heterocycles. The Morgan fingerprint density at radius 3 is 2.95 bits per heavy atom. The zero-order valence-electron chi connectivity index (χ0n) is 12.0. The average Bonchev–Trinajstić information content (AvgIpc) is 3.19. The lowest BCUT2D eigenvalue weighted by atomic mass is 9.95. The molecule has 1 aliphatic carbocycles. The van der Waals surface area contributed by atoms with E-state index in [0.29, 0.717) is 29.8 Å². The summed E-state index contributed by atoms with van der Waals surface area (Å²) in [7, 11) is 1.60. The SMILES string of the molecule is COCc1nocc1C(=O)N1CCCC1C1CCCC1. The van der Waals surface area contributed by atoms with Gasteiger partial charge in [-0.1, -0.05) is 18.0 Å². The number of aromatic nitrogens is 1. The van der Waals surface area contributed by atoms with Crippen LogP contribution in [0.4, 0.5) is 0 Å². The summed E-state index contributed by atoms with van der Waals surface area (Å²) in [5, 5.41) is 3.87. The van der Waals surface area contributed by atoms with Crippen molar-refractivity contribution in [2.24, 2.45) is 5.92 Å². The van der Waals surface area contributed by atoms with Crippen molar-refractivity contribution in [3.63, 3.8) is 0 Å². The van der Waals surface area contributed by atoms with Crippen molar-refractivity contribution >= 4 is 5.91 Å². The summed E-state index contributed by atoms with van der Waals surface area (Å²) in [6.07, 6.45) is 8.86. The van der Waals surface area contributed by atoms with E-state index in [-0.39, 0.29) is 5.91 Å². The monoisotopic (exact) mass is 278 g/mol. The number of likely N-dealkylation sites (tertiary alicyclic amines) is 1. The van der Waals surface area contributed by atoms with Crippen molar-refractivity contribution in [3.8, 4) is 0 Å². The molecule has 0 N–H and O–H groups in total. The minimum Gasteiger partial charge on any atom is -0.378 e. The molecule has 0 aromatic carbocycles. The van der Waals surface area contributed by atoms with Crippen LogP contribution in [0.3, 0.4) is 0 Å². The number of ether oxygens (including phenoxy) is 1. The van der Waals surface area contributed by atoms with Crippen LogP contribution in [0.1, 0.15) is 54.6 Å². The summed E-state index contributed by atoms with van der Waals surface area (Å²) in [5.74, 6) is 0.750. The normalized spacial score (nSPS) is 23.6. The van der Waals surface area contributed by atoms with Gasteiger partial charge < -0.3 is 14.2 Å². The van der Waals surface area contributed by atoms with Gasteiger partial charge in [-0.25, -0.2) is 0 Å². The molecular weight excluding hydrogens is 256 g/mol. The van der Waals surface area contributed by atoms with E-state index in [4.69, 9.17) is 9.26 Å². The molecule has 1 aromatic rings. The highest BCUT2D eigenvalue weighted by Crippen LogP contribution is 2.36. The molecule has 1 unspecified atom stereocenters. The lowest BCUT2D eigenvalue weighted by Gasteiger charge is -2.29. The second-order valence-electron chi connectivity index (χ2n) is 5.86. The smallest absolute Gasteiger partial charge is 0.259 e. The van der Waals surface area contributed by atoms with Gasteiger partial charge in [-0.05, 0) is 31.6 Å². The van der Waals surface area contributed by atoms with Gasteiger partial charge in [0.15, 0.2) is 0 Å². The molecular formula is C15H22N2O3. The molecule has 2 fully saturated rings. The first-order chi connectivity index (χ1) is 9.81. The zero-order chi connectivity index (χ0) is 13.9. The largest absolute Gasteiger partial charge is 0.378 e. The highest BCUT2D eigenvalue weighted by Gasteiger charge is 2.37. The molecule has 1 aromatic heterocycles. The van der Waals surface area contributed by atoms with Crippen LogP contribution in [0.2, 0.25) is 0 Å². The van der Waals surface area contributed by atoms with Crippen LogP contribution in [-0.4, -0.2) is 35.7 Å². The fourth-order valence-electron chi connectivity index (χ4n) is 3.71. The summed E-state index contributed by atoms with van der Waals surface area (Å²) < 4.78 is 10.0. The van der Waals surface area contributed by atoms with Gasteiger partial charge in [-0.2, -0.15) is 0 Å². The van der Waals surface area contributed by atoms with E-state index >= 15 is 0 Å². The van der Waals surface area contributed by atoms with Gasteiger partial charge in [0.1, 0.15) is 17.5 Å². The van der Waals surface area contributed by atoms with Crippen LogP contribution in [0.25, 0.3) is 0 Å². The quantitative estimate of drug-likeness (QED) is 0.849. The number of hydrogen-bond donors (Lipinski definition) is 0. The summed E-state index contributed by atoms with van der Waals surface area (Å²) in [4.78, 5) is 14.8. The maximum absolute atomic E-state index is 12.7. The number of nitrogens with zero attached hydrogens (tertiary/aromatic N) is 2. The molecule has 5 nitrogen and oxygen atoms in total. The molecule has 1 saturated carbocycles. The molecule has 0 radical (unpaired) electrons. The zero-order valence-corrected chi connectivity index (χ0v) is 12.0. The highest BCUT2D eigenvalue weighted by molar-refractivity contribution is 5.95. The van der Waals surface area contributed by atoms with Gasteiger partial charge in [0.25, 0.3) is 5.91 Å². The van der Waals surface area contributed by atoms with E-state index in [1.54, 1.807) is 7.11 Å². The summed E-state index contributed by atoms with van der Waals surface area (Å²) in [6.45, 7) is 1.18. The summed E-state index contributed by atoms with van der Waals surface area (Å²) in [6, 6.07) is 0.412. The van der Waals surface area contributed by atoms with Crippen LogP contribution in [0.5, 0.6) is 0 Å². The molecule has 1 saturated heterocycles. The number of carbonyl (C=O) groups excluding carboxylic acids is 1. The maximum Gasteiger partial charge on any atom is 0.259 e. The molecule has 1 amide bonds. The van der Waals surface area contributed by atoms with Crippen molar-refractivity contribution in [3.05, 3.63) is 17.5 Å². The first-order valence-electron chi connectivity index (χ1n) is 7.54. The van der Waals surface area contributed by atoms with E-state index in [1.807, 2.05) is 4.90 Å². The van der Waals surface area contributed by atoms with Crippen molar-refractivity contribution in [2.45, 2.75) is 51.2 Å². The minimum atomic E-state index is 0.0627.